The van der Waals surface area contributed by atoms with Crippen LogP contribution in [0.15, 0.2) is 29.6 Å². The number of benzene rings is 1. The molecule has 0 aliphatic carbocycles. The molecule has 0 aliphatic rings. The van der Waals surface area contributed by atoms with Gasteiger partial charge < -0.3 is 9.47 Å². The van der Waals surface area contributed by atoms with Crippen LogP contribution in [0.4, 0.5) is 0 Å². The zero-order valence-corrected chi connectivity index (χ0v) is 9.04. The quantitative estimate of drug-likeness (QED) is 0.748. The van der Waals surface area contributed by atoms with E-state index in [-0.39, 0.29) is 12.6 Å². The molecule has 0 atom stereocenters. The number of carbonyl (C=O) groups excluding carboxylic acids is 1. The first-order valence-corrected chi connectivity index (χ1v) is 5.34. The fourth-order valence-electron chi connectivity index (χ4n) is 1.23. The van der Waals surface area contributed by atoms with Gasteiger partial charge in [-0.15, -0.1) is 11.3 Å². The molecule has 0 unspecified atom stereocenters. The van der Waals surface area contributed by atoms with Gasteiger partial charge in [-0.25, -0.2) is 4.79 Å². The number of ether oxygens (including phenoxy) is 2. The summed E-state index contributed by atoms with van der Waals surface area (Å²) in [7, 11) is 1.34. The van der Waals surface area contributed by atoms with Crippen molar-refractivity contribution in [3.63, 3.8) is 0 Å². The molecule has 0 aliphatic heterocycles. The standard InChI is InChI=1S/C11H10O3S/c1-13-11(12)7-14-9-3-2-8-4-5-15-10(8)6-9/h2-6H,7H2,1H3. The number of fused-ring (bicyclic) bond motifs is 1. The first-order chi connectivity index (χ1) is 7.29. The van der Waals surface area contributed by atoms with E-state index in [0.717, 1.165) is 4.70 Å². The SMILES string of the molecule is COC(=O)COc1ccc2ccsc2c1. The lowest BCUT2D eigenvalue weighted by Gasteiger charge is -2.04. The molecule has 0 amide bonds. The minimum Gasteiger partial charge on any atom is -0.482 e. The Morgan fingerprint density at radius 3 is 3.07 bits per heavy atom. The number of methoxy groups -OCH3 is 1. The molecule has 1 aromatic heterocycles. The van der Waals surface area contributed by atoms with Gasteiger partial charge in [0.2, 0.25) is 0 Å². The van der Waals surface area contributed by atoms with E-state index in [1.807, 2.05) is 29.6 Å². The lowest BCUT2D eigenvalue weighted by atomic mass is 10.2. The highest BCUT2D eigenvalue weighted by molar-refractivity contribution is 7.17. The lowest BCUT2D eigenvalue weighted by Crippen LogP contribution is -2.12. The molecule has 0 fully saturated rings. The van der Waals surface area contributed by atoms with Crippen molar-refractivity contribution in [2.75, 3.05) is 13.7 Å². The molecule has 0 spiro atoms. The maximum atomic E-state index is 10.9. The van der Waals surface area contributed by atoms with Gasteiger partial charge in [0.1, 0.15) is 5.75 Å². The summed E-state index contributed by atoms with van der Waals surface area (Å²) >= 11 is 1.65. The Kier molecular flexibility index (Phi) is 2.87. The number of hydrogen-bond acceptors (Lipinski definition) is 4. The summed E-state index contributed by atoms with van der Waals surface area (Å²) in [6, 6.07) is 7.78. The van der Waals surface area contributed by atoms with E-state index in [2.05, 4.69) is 4.74 Å². The summed E-state index contributed by atoms with van der Waals surface area (Å²) in [5.41, 5.74) is 0. The third kappa shape index (κ3) is 2.27. The Morgan fingerprint density at radius 1 is 1.40 bits per heavy atom. The Hall–Kier alpha value is -1.55. The van der Waals surface area contributed by atoms with Crippen LogP contribution >= 0.6 is 11.3 Å². The summed E-state index contributed by atoms with van der Waals surface area (Å²) in [4.78, 5) is 10.9. The molecule has 0 saturated heterocycles. The molecule has 78 valence electrons. The molecular weight excluding hydrogens is 212 g/mol. The largest absolute Gasteiger partial charge is 0.482 e. The van der Waals surface area contributed by atoms with Crippen molar-refractivity contribution in [3.05, 3.63) is 29.6 Å². The average Bonchev–Trinajstić information content (AvgIpc) is 2.72. The van der Waals surface area contributed by atoms with E-state index in [9.17, 15) is 4.79 Å². The van der Waals surface area contributed by atoms with Crippen LogP contribution in [0, 0.1) is 0 Å². The molecular formula is C11H10O3S. The summed E-state index contributed by atoms with van der Waals surface area (Å²) in [5, 5.41) is 3.21. The molecule has 0 radical (unpaired) electrons. The van der Waals surface area contributed by atoms with Crippen LogP contribution in [0.3, 0.4) is 0 Å². The number of thiophene rings is 1. The maximum Gasteiger partial charge on any atom is 0.343 e. The van der Waals surface area contributed by atoms with E-state index in [1.54, 1.807) is 11.3 Å². The van der Waals surface area contributed by atoms with Crippen molar-refractivity contribution >= 4 is 27.4 Å². The van der Waals surface area contributed by atoms with Crippen molar-refractivity contribution in [1.29, 1.82) is 0 Å². The second-order valence-corrected chi connectivity index (χ2v) is 3.93. The third-order valence-corrected chi connectivity index (χ3v) is 2.89. The Labute approximate surface area is 91.2 Å². The van der Waals surface area contributed by atoms with E-state index >= 15 is 0 Å². The highest BCUT2D eigenvalue weighted by Gasteiger charge is 2.02. The zero-order valence-electron chi connectivity index (χ0n) is 8.23. The van der Waals surface area contributed by atoms with Crippen molar-refractivity contribution in [3.8, 4) is 5.75 Å². The lowest BCUT2D eigenvalue weighted by molar-refractivity contribution is -0.142. The molecule has 15 heavy (non-hydrogen) atoms. The summed E-state index contributed by atoms with van der Waals surface area (Å²) in [6.45, 7) is -0.0482. The predicted molar refractivity (Wildman–Crippen MR) is 59.3 cm³/mol. The van der Waals surface area contributed by atoms with Crippen LogP contribution in [-0.2, 0) is 9.53 Å². The van der Waals surface area contributed by atoms with Crippen LogP contribution in [0.5, 0.6) is 5.75 Å². The average molecular weight is 222 g/mol. The first-order valence-electron chi connectivity index (χ1n) is 4.46. The van der Waals surface area contributed by atoms with E-state index in [1.165, 1.54) is 12.5 Å². The molecule has 1 aromatic carbocycles. The van der Waals surface area contributed by atoms with Crippen molar-refractivity contribution in [1.82, 2.24) is 0 Å². The van der Waals surface area contributed by atoms with Crippen LogP contribution in [0.2, 0.25) is 0 Å². The molecule has 0 N–H and O–H groups in total. The third-order valence-electron chi connectivity index (χ3n) is 2.01. The summed E-state index contributed by atoms with van der Waals surface area (Å²) < 4.78 is 10.9. The molecule has 2 aromatic rings. The second kappa shape index (κ2) is 4.31. The number of carbonyl (C=O) groups is 1. The molecule has 0 saturated carbocycles. The second-order valence-electron chi connectivity index (χ2n) is 2.99. The van der Waals surface area contributed by atoms with Crippen LogP contribution in [-0.4, -0.2) is 19.7 Å². The smallest absolute Gasteiger partial charge is 0.343 e. The number of esters is 1. The highest BCUT2D eigenvalue weighted by atomic mass is 32.1. The molecule has 1 heterocycles. The van der Waals surface area contributed by atoms with Gasteiger partial charge in [0.05, 0.1) is 7.11 Å². The Balaban J connectivity index is 2.11. The summed E-state index contributed by atoms with van der Waals surface area (Å²) in [5.74, 6) is 0.316. The van der Waals surface area contributed by atoms with Gasteiger partial charge in [-0.2, -0.15) is 0 Å². The number of hydrogen-bond donors (Lipinski definition) is 0. The monoisotopic (exact) mass is 222 g/mol. The van der Waals surface area contributed by atoms with Gasteiger partial charge in [0.15, 0.2) is 6.61 Å². The van der Waals surface area contributed by atoms with Gasteiger partial charge in [-0.1, -0.05) is 0 Å². The summed E-state index contributed by atoms with van der Waals surface area (Å²) in [6.07, 6.45) is 0. The Morgan fingerprint density at radius 2 is 2.27 bits per heavy atom. The van der Waals surface area contributed by atoms with Crippen LogP contribution in [0.1, 0.15) is 0 Å². The minimum absolute atomic E-state index is 0.0482. The zero-order chi connectivity index (χ0) is 10.7. The first kappa shape index (κ1) is 9.98. The maximum absolute atomic E-state index is 10.9. The van der Waals surface area contributed by atoms with Gasteiger partial charge in [0, 0.05) is 4.70 Å². The fourth-order valence-corrected chi connectivity index (χ4v) is 2.04. The van der Waals surface area contributed by atoms with E-state index < -0.39 is 0 Å². The minimum atomic E-state index is -0.374. The molecule has 4 heteroatoms. The molecule has 0 bridgehead atoms. The topological polar surface area (TPSA) is 35.5 Å². The van der Waals surface area contributed by atoms with Crippen molar-refractivity contribution in [2.45, 2.75) is 0 Å². The van der Waals surface area contributed by atoms with Crippen molar-refractivity contribution < 1.29 is 14.3 Å². The van der Waals surface area contributed by atoms with Crippen molar-refractivity contribution in [2.24, 2.45) is 0 Å². The van der Waals surface area contributed by atoms with E-state index in [0.29, 0.717) is 5.75 Å². The van der Waals surface area contributed by atoms with Crippen LogP contribution in [0.25, 0.3) is 10.1 Å². The fraction of sp³-hybridized carbons (Fsp3) is 0.182. The molecule has 3 nitrogen and oxygen atoms in total. The normalized spacial score (nSPS) is 10.2. The molecule has 2 rings (SSSR count). The van der Waals surface area contributed by atoms with Crippen LogP contribution < -0.4 is 4.74 Å². The highest BCUT2D eigenvalue weighted by Crippen LogP contribution is 2.25. The van der Waals surface area contributed by atoms with E-state index in [4.69, 9.17) is 4.74 Å². The van der Waals surface area contributed by atoms with Gasteiger partial charge >= 0.3 is 5.97 Å². The Bertz CT molecular complexity index is 475. The van der Waals surface area contributed by atoms with Gasteiger partial charge in [-0.3, -0.25) is 0 Å². The predicted octanol–water partition coefficient (Wildman–Crippen LogP) is 2.45. The van der Waals surface area contributed by atoms with Gasteiger partial charge in [-0.05, 0) is 35.0 Å². The van der Waals surface area contributed by atoms with Gasteiger partial charge in [0.25, 0.3) is 0 Å². The number of rotatable bonds is 3.